The zero-order valence-corrected chi connectivity index (χ0v) is 20.1. The minimum Gasteiger partial charge on any atom is -0.845 e. The van der Waals surface area contributed by atoms with E-state index >= 15 is 0 Å². The third-order valence-corrected chi connectivity index (χ3v) is 8.39. The van der Waals surface area contributed by atoms with E-state index in [0.717, 1.165) is 74.8 Å². The third-order valence-electron chi connectivity index (χ3n) is 7.07. The van der Waals surface area contributed by atoms with Gasteiger partial charge >= 0.3 is 10.2 Å². The molecule has 3 aliphatic rings. The fraction of sp³-hybridized carbons (Fsp3) is 0.565. The largest absolute Gasteiger partial charge is 0.845 e. The molecule has 33 heavy (non-hydrogen) atoms. The number of hydrogen-bond acceptors (Lipinski definition) is 5. The number of aromatic nitrogens is 2. The average Bonchev–Trinajstić information content (AvgIpc) is 3.53. The maximum atomic E-state index is 13.3. The fourth-order valence-electron chi connectivity index (χ4n) is 5.53. The Morgan fingerprint density at radius 2 is 1.91 bits per heavy atom. The van der Waals surface area contributed by atoms with Crippen LogP contribution in [-0.4, -0.2) is 55.8 Å². The first-order valence-electron chi connectivity index (χ1n) is 11.7. The predicted octanol–water partition coefficient (Wildman–Crippen LogP) is 1.23. The highest BCUT2D eigenvalue weighted by molar-refractivity contribution is 7.91. The van der Waals surface area contributed by atoms with Gasteiger partial charge in [-0.05, 0) is 86.7 Å². The van der Waals surface area contributed by atoms with Gasteiger partial charge in [0.05, 0.1) is 17.9 Å². The number of fused-ring (bicyclic) bond motifs is 2. The molecular formula is C23H31N6O3S-. The van der Waals surface area contributed by atoms with Gasteiger partial charge in [0.15, 0.2) is 0 Å². The van der Waals surface area contributed by atoms with Crippen LogP contribution in [-0.2, 0) is 42.9 Å². The van der Waals surface area contributed by atoms with Crippen LogP contribution in [0.25, 0.3) is 0 Å². The average molecular weight is 472 g/mol. The Hall–Kier alpha value is -2.59. The van der Waals surface area contributed by atoms with Crippen molar-refractivity contribution >= 4 is 27.6 Å². The lowest BCUT2D eigenvalue weighted by atomic mass is 9.99. The maximum absolute atomic E-state index is 13.3. The Labute approximate surface area is 195 Å². The Bertz CT molecular complexity index is 1160. The Balaban J connectivity index is 1.44. The van der Waals surface area contributed by atoms with Crippen LogP contribution in [0.15, 0.2) is 22.9 Å². The van der Waals surface area contributed by atoms with Crippen LogP contribution in [0.1, 0.15) is 41.5 Å². The van der Waals surface area contributed by atoms with Crippen molar-refractivity contribution in [2.24, 2.45) is 17.4 Å². The zero-order chi connectivity index (χ0) is 23.2. The van der Waals surface area contributed by atoms with Gasteiger partial charge in [0.1, 0.15) is 0 Å². The van der Waals surface area contributed by atoms with Crippen molar-refractivity contribution < 1.29 is 13.5 Å². The molecule has 0 radical (unpaired) electrons. The highest BCUT2D eigenvalue weighted by Gasteiger charge is 2.30. The number of nitrogens with zero attached hydrogens (tertiary/aromatic N) is 5. The molecule has 10 heteroatoms. The smallest absolute Gasteiger partial charge is 0.345 e. The highest BCUT2D eigenvalue weighted by atomic mass is 32.2. The first-order valence-corrected chi connectivity index (χ1v) is 13.1. The summed E-state index contributed by atoms with van der Waals surface area (Å²) in [6, 6.07) is 1.44. The number of likely N-dealkylation sites (tertiary alicyclic amines) is 1. The second-order valence-electron chi connectivity index (χ2n) is 9.55. The number of amidine groups is 1. The molecule has 0 bridgehead atoms. The summed E-state index contributed by atoms with van der Waals surface area (Å²) < 4.78 is 33.1. The van der Waals surface area contributed by atoms with Gasteiger partial charge < -0.3 is 15.3 Å². The summed E-state index contributed by atoms with van der Waals surface area (Å²) in [6.45, 7) is 2.00. The van der Waals surface area contributed by atoms with Crippen molar-refractivity contribution in [3.63, 3.8) is 0 Å². The van der Waals surface area contributed by atoms with Crippen LogP contribution >= 0.6 is 0 Å². The minimum absolute atomic E-state index is 0.170. The molecule has 5 rings (SSSR count). The van der Waals surface area contributed by atoms with Crippen molar-refractivity contribution in [3.05, 3.63) is 40.7 Å². The van der Waals surface area contributed by atoms with Crippen LogP contribution in [0.2, 0.25) is 0 Å². The molecule has 0 spiro atoms. The summed E-state index contributed by atoms with van der Waals surface area (Å²) in [7, 11) is -0.481. The van der Waals surface area contributed by atoms with Crippen LogP contribution in [0, 0.1) is 5.92 Å². The van der Waals surface area contributed by atoms with Gasteiger partial charge in [-0.1, -0.05) is 6.07 Å². The van der Waals surface area contributed by atoms with E-state index in [1.54, 1.807) is 17.9 Å². The maximum Gasteiger partial charge on any atom is 0.345 e. The van der Waals surface area contributed by atoms with E-state index in [1.165, 1.54) is 21.6 Å². The van der Waals surface area contributed by atoms with Crippen molar-refractivity contribution in [3.8, 4) is 0 Å². The standard InChI is InChI=1S/C23H32N6O3S/c1-27-10-9-16(13-27)14-29(19-12-24-28(2)15-19)33(31,32)26-23(30)25-22-20-7-3-5-17(20)11-18-6-4-8-21(18)22/h11-12,15-16H,3-10,13-14H2,1-2H3,(H2,25,26,30)/p-1. The zero-order valence-electron chi connectivity index (χ0n) is 19.2. The molecular weight excluding hydrogens is 440 g/mol. The van der Waals surface area contributed by atoms with E-state index in [9.17, 15) is 13.5 Å². The normalized spacial score (nSPS) is 20.8. The lowest BCUT2D eigenvalue weighted by molar-refractivity contribution is -0.213. The molecule has 178 valence electrons. The third kappa shape index (κ3) is 4.46. The highest BCUT2D eigenvalue weighted by Crippen LogP contribution is 2.38. The van der Waals surface area contributed by atoms with Crippen molar-refractivity contribution in [2.45, 2.75) is 44.9 Å². The summed E-state index contributed by atoms with van der Waals surface area (Å²) in [6.07, 6.45) is 9.97. The van der Waals surface area contributed by atoms with Gasteiger partial charge in [0.25, 0.3) is 0 Å². The van der Waals surface area contributed by atoms with E-state index < -0.39 is 16.2 Å². The van der Waals surface area contributed by atoms with Gasteiger partial charge in [0.2, 0.25) is 0 Å². The molecule has 1 unspecified atom stereocenters. The van der Waals surface area contributed by atoms with Gasteiger partial charge in [-0.2, -0.15) is 13.5 Å². The molecule has 1 N–H and O–H groups in total. The number of aryl methyl sites for hydroxylation is 3. The Morgan fingerprint density at radius 1 is 1.21 bits per heavy atom. The molecule has 0 saturated carbocycles. The fourth-order valence-corrected chi connectivity index (χ4v) is 6.64. The summed E-state index contributed by atoms with van der Waals surface area (Å²) >= 11 is 0. The molecule has 2 aliphatic carbocycles. The topological polar surface area (TPSA) is 106 Å². The second-order valence-corrected chi connectivity index (χ2v) is 11.1. The molecule has 1 aromatic heterocycles. The summed E-state index contributed by atoms with van der Waals surface area (Å²) in [5.74, 6) is 0.170. The van der Waals surface area contributed by atoms with Crippen LogP contribution in [0.5, 0.6) is 0 Å². The molecule has 9 nitrogen and oxygen atoms in total. The van der Waals surface area contributed by atoms with Gasteiger partial charge in [-0.3, -0.25) is 4.68 Å². The monoisotopic (exact) mass is 471 g/mol. The number of benzene rings is 1. The van der Waals surface area contributed by atoms with E-state index in [-0.39, 0.29) is 12.5 Å². The van der Waals surface area contributed by atoms with Gasteiger partial charge in [0, 0.05) is 32.0 Å². The van der Waals surface area contributed by atoms with Crippen LogP contribution < -0.4 is 14.7 Å². The predicted molar refractivity (Wildman–Crippen MR) is 127 cm³/mol. The molecule has 1 saturated heterocycles. The van der Waals surface area contributed by atoms with E-state index in [2.05, 4.69) is 25.8 Å². The number of anilines is 2. The first kappa shape index (κ1) is 22.2. The Morgan fingerprint density at radius 3 is 2.48 bits per heavy atom. The molecule has 1 aromatic carbocycles. The second kappa shape index (κ2) is 8.64. The summed E-state index contributed by atoms with van der Waals surface area (Å²) in [5, 5.41) is 19.9. The molecule has 1 fully saturated rings. The summed E-state index contributed by atoms with van der Waals surface area (Å²) in [4.78, 5) is 2.18. The van der Waals surface area contributed by atoms with E-state index in [0.29, 0.717) is 5.69 Å². The number of hydrogen-bond donors (Lipinski definition) is 1. The van der Waals surface area contributed by atoms with E-state index in [4.69, 9.17) is 0 Å². The van der Waals surface area contributed by atoms with Gasteiger partial charge in [-0.25, -0.2) is 4.31 Å². The quantitative estimate of drug-likeness (QED) is 0.502. The van der Waals surface area contributed by atoms with Crippen molar-refractivity contribution in [1.29, 1.82) is 0 Å². The molecule has 2 aromatic rings. The molecule has 1 atom stereocenters. The lowest BCUT2D eigenvalue weighted by Crippen LogP contribution is -2.38. The lowest BCUT2D eigenvalue weighted by Gasteiger charge is -2.25. The number of rotatable bonds is 6. The van der Waals surface area contributed by atoms with Crippen LogP contribution in [0.3, 0.4) is 0 Å². The number of nitrogens with one attached hydrogen (secondary N) is 1. The van der Waals surface area contributed by atoms with Crippen LogP contribution in [0.4, 0.5) is 11.4 Å². The molecule has 1 aliphatic heterocycles. The van der Waals surface area contributed by atoms with Crippen molar-refractivity contribution in [2.75, 3.05) is 36.3 Å². The van der Waals surface area contributed by atoms with Crippen molar-refractivity contribution in [1.82, 2.24) is 14.7 Å². The minimum atomic E-state index is -4.24. The summed E-state index contributed by atoms with van der Waals surface area (Å²) in [5.41, 5.74) is 6.06. The van der Waals surface area contributed by atoms with Gasteiger partial charge in [-0.15, -0.1) is 4.40 Å². The molecule has 0 amide bonds. The first-order chi connectivity index (χ1) is 15.8. The molecule has 2 heterocycles. The SMILES string of the molecule is CN1CCC(CN(c2cnn(C)c2)S(=O)(=O)/N=C(\[O-])Nc2c3c(cc4c2CCC4)CCC3)C1. The van der Waals surface area contributed by atoms with E-state index in [1.807, 2.05) is 7.05 Å². The Kier molecular flexibility index (Phi) is 5.82.